The number of hydrogen-bond acceptors (Lipinski definition) is 2. The minimum absolute atomic E-state index is 0.0143. The molecule has 0 bridgehead atoms. The second-order valence-corrected chi connectivity index (χ2v) is 5.06. The molecule has 2 nitrogen and oxygen atoms in total. The van der Waals surface area contributed by atoms with Crippen molar-refractivity contribution in [3.8, 4) is 5.75 Å². The molecule has 16 heavy (non-hydrogen) atoms. The molecule has 1 heterocycles. The first-order valence-corrected chi connectivity index (χ1v) is 5.59. The summed E-state index contributed by atoms with van der Waals surface area (Å²) in [6, 6.07) is 4.27. The lowest BCUT2D eigenvalue weighted by Gasteiger charge is -2.32. The molecule has 1 aliphatic rings. The molecule has 0 amide bonds. The van der Waals surface area contributed by atoms with Gasteiger partial charge in [0, 0.05) is 5.56 Å². The van der Waals surface area contributed by atoms with E-state index in [0.29, 0.717) is 0 Å². The second-order valence-electron chi connectivity index (χ2n) is 5.06. The molecule has 0 spiro atoms. The third-order valence-electron chi connectivity index (χ3n) is 2.92. The molecule has 0 radical (unpaired) electrons. The van der Waals surface area contributed by atoms with Crippen molar-refractivity contribution in [2.24, 2.45) is 0 Å². The number of methoxy groups -OCH3 is 1. The first-order valence-electron chi connectivity index (χ1n) is 5.59. The summed E-state index contributed by atoms with van der Waals surface area (Å²) in [6.45, 7) is 8.58. The average Bonchev–Trinajstić information content (AvgIpc) is 2.17. The van der Waals surface area contributed by atoms with Crippen LogP contribution >= 0.6 is 0 Å². The van der Waals surface area contributed by atoms with Gasteiger partial charge < -0.3 is 10.1 Å². The Bertz CT molecular complexity index is 458. The number of nitrogens with one attached hydrogen (secondary N) is 1. The third kappa shape index (κ3) is 1.80. The van der Waals surface area contributed by atoms with Gasteiger partial charge in [-0.2, -0.15) is 0 Å². The summed E-state index contributed by atoms with van der Waals surface area (Å²) in [7, 11) is 1.72. The van der Waals surface area contributed by atoms with Crippen molar-refractivity contribution in [2.75, 3.05) is 12.4 Å². The summed E-state index contributed by atoms with van der Waals surface area (Å²) in [5.41, 5.74) is 4.87. The summed E-state index contributed by atoms with van der Waals surface area (Å²) in [6.07, 6.45) is 2.26. The van der Waals surface area contributed by atoms with Crippen LogP contribution in [0.5, 0.6) is 5.75 Å². The number of ether oxygens (including phenoxy) is 1. The van der Waals surface area contributed by atoms with Crippen LogP contribution < -0.4 is 10.1 Å². The predicted octanol–water partition coefficient (Wildman–Crippen LogP) is 3.61. The number of fused-ring (bicyclic) bond motifs is 1. The Morgan fingerprint density at radius 1 is 1.19 bits per heavy atom. The maximum absolute atomic E-state index is 5.45. The van der Waals surface area contributed by atoms with Gasteiger partial charge in [-0.15, -0.1) is 0 Å². The molecule has 2 rings (SSSR count). The largest absolute Gasteiger partial charge is 0.495 e. The van der Waals surface area contributed by atoms with Gasteiger partial charge in [0.05, 0.1) is 18.3 Å². The Hall–Kier alpha value is -1.44. The minimum atomic E-state index is -0.0143. The molecule has 0 unspecified atom stereocenters. The highest BCUT2D eigenvalue weighted by atomic mass is 16.5. The zero-order valence-corrected chi connectivity index (χ0v) is 10.6. The summed E-state index contributed by atoms with van der Waals surface area (Å²) in [4.78, 5) is 0. The van der Waals surface area contributed by atoms with Crippen LogP contribution in [0.4, 0.5) is 5.69 Å². The van der Waals surface area contributed by atoms with Crippen LogP contribution in [0.25, 0.3) is 5.57 Å². The van der Waals surface area contributed by atoms with Crippen molar-refractivity contribution >= 4 is 11.3 Å². The van der Waals surface area contributed by atoms with Gasteiger partial charge >= 0.3 is 0 Å². The molecule has 0 saturated heterocycles. The molecule has 1 aromatic carbocycles. The summed E-state index contributed by atoms with van der Waals surface area (Å²) in [5.74, 6) is 0.926. The number of aryl methyl sites for hydroxylation is 1. The Morgan fingerprint density at radius 3 is 2.50 bits per heavy atom. The monoisotopic (exact) mass is 217 g/mol. The van der Waals surface area contributed by atoms with E-state index in [1.807, 2.05) is 0 Å². The van der Waals surface area contributed by atoms with Crippen LogP contribution in [0.15, 0.2) is 18.2 Å². The van der Waals surface area contributed by atoms with Crippen molar-refractivity contribution in [1.29, 1.82) is 0 Å². The highest BCUT2D eigenvalue weighted by Gasteiger charge is 2.25. The van der Waals surface area contributed by atoms with Crippen molar-refractivity contribution < 1.29 is 4.74 Å². The van der Waals surface area contributed by atoms with Crippen molar-refractivity contribution in [3.63, 3.8) is 0 Å². The first kappa shape index (κ1) is 11.1. The van der Waals surface area contributed by atoms with E-state index >= 15 is 0 Å². The Labute approximate surface area is 97.3 Å². The number of anilines is 1. The Kier molecular flexibility index (Phi) is 2.45. The number of allylic oxidation sites excluding steroid dienone is 1. The van der Waals surface area contributed by atoms with E-state index < -0.39 is 0 Å². The molecule has 0 aliphatic carbocycles. The molecule has 86 valence electrons. The lowest BCUT2D eigenvalue weighted by molar-refractivity contribution is 0.415. The molecule has 0 atom stereocenters. The van der Waals surface area contributed by atoms with E-state index in [0.717, 1.165) is 11.4 Å². The zero-order valence-electron chi connectivity index (χ0n) is 10.6. The Morgan fingerprint density at radius 2 is 1.88 bits per heavy atom. The summed E-state index contributed by atoms with van der Waals surface area (Å²) < 4.78 is 5.45. The molecule has 1 N–H and O–H groups in total. The van der Waals surface area contributed by atoms with Gasteiger partial charge in [0.1, 0.15) is 5.75 Å². The summed E-state index contributed by atoms with van der Waals surface area (Å²) in [5, 5.41) is 3.51. The number of rotatable bonds is 1. The van der Waals surface area contributed by atoms with E-state index in [1.165, 1.54) is 16.7 Å². The quantitative estimate of drug-likeness (QED) is 0.776. The Balaban J connectivity index is 2.64. The normalized spacial score (nSPS) is 17.2. The number of benzene rings is 1. The van der Waals surface area contributed by atoms with Gasteiger partial charge in [0.25, 0.3) is 0 Å². The predicted molar refractivity (Wildman–Crippen MR) is 69.1 cm³/mol. The van der Waals surface area contributed by atoms with Gasteiger partial charge in [0.15, 0.2) is 0 Å². The molecule has 0 aromatic heterocycles. The lowest BCUT2D eigenvalue weighted by atomic mass is 9.90. The molecule has 0 fully saturated rings. The van der Waals surface area contributed by atoms with Crippen LogP contribution in [0.1, 0.15) is 31.9 Å². The van der Waals surface area contributed by atoms with Gasteiger partial charge in [-0.1, -0.05) is 6.08 Å². The zero-order chi connectivity index (χ0) is 11.9. The molecular weight excluding hydrogens is 198 g/mol. The van der Waals surface area contributed by atoms with E-state index in [4.69, 9.17) is 4.74 Å². The van der Waals surface area contributed by atoms with Gasteiger partial charge in [0.2, 0.25) is 0 Å². The average molecular weight is 217 g/mol. The van der Waals surface area contributed by atoms with E-state index in [9.17, 15) is 0 Å². The first-order chi connectivity index (χ1) is 7.43. The van der Waals surface area contributed by atoms with E-state index in [1.54, 1.807) is 7.11 Å². The van der Waals surface area contributed by atoms with Gasteiger partial charge in [-0.05, 0) is 51.0 Å². The van der Waals surface area contributed by atoms with Crippen LogP contribution in [0.2, 0.25) is 0 Å². The van der Waals surface area contributed by atoms with Gasteiger partial charge in [-0.3, -0.25) is 0 Å². The van der Waals surface area contributed by atoms with Crippen LogP contribution in [0.3, 0.4) is 0 Å². The fourth-order valence-corrected chi connectivity index (χ4v) is 2.33. The van der Waals surface area contributed by atoms with E-state index in [-0.39, 0.29) is 5.54 Å². The fourth-order valence-electron chi connectivity index (χ4n) is 2.33. The van der Waals surface area contributed by atoms with E-state index in [2.05, 4.69) is 51.2 Å². The molecule has 2 heteroatoms. The summed E-state index contributed by atoms with van der Waals surface area (Å²) >= 11 is 0. The van der Waals surface area contributed by atoms with Crippen molar-refractivity contribution in [3.05, 3.63) is 29.3 Å². The maximum Gasteiger partial charge on any atom is 0.142 e. The molecular formula is C14H19NO. The number of hydrogen-bond donors (Lipinski definition) is 1. The second kappa shape index (κ2) is 3.55. The highest BCUT2D eigenvalue weighted by molar-refractivity contribution is 5.84. The van der Waals surface area contributed by atoms with Crippen LogP contribution in [0, 0.1) is 6.92 Å². The maximum atomic E-state index is 5.45. The molecule has 1 aliphatic heterocycles. The highest BCUT2D eigenvalue weighted by Crippen LogP contribution is 2.40. The van der Waals surface area contributed by atoms with Gasteiger partial charge in [-0.25, -0.2) is 0 Å². The standard InChI is InChI=1S/C14H19NO/c1-9-6-11-10(2)8-14(3,4)15-13(11)12(7-9)16-5/h6-8,15H,1-5H3. The SMILES string of the molecule is COc1cc(C)cc2c1NC(C)(C)C=C2C. The van der Waals surface area contributed by atoms with Crippen LogP contribution in [-0.4, -0.2) is 12.6 Å². The topological polar surface area (TPSA) is 21.3 Å². The van der Waals surface area contributed by atoms with Crippen LogP contribution in [-0.2, 0) is 0 Å². The fraction of sp³-hybridized carbons (Fsp3) is 0.429. The molecule has 0 saturated carbocycles. The molecule has 1 aromatic rings. The smallest absolute Gasteiger partial charge is 0.142 e. The lowest BCUT2D eigenvalue weighted by Crippen LogP contribution is -2.31. The third-order valence-corrected chi connectivity index (χ3v) is 2.92. The van der Waals surface area contributed by atoms with Crippen molar-refractivity contribution in [2.45, 2.75) is 33.2 Å². The van der Waals surface area contributed by atoms with Crippen molar-refractivity contribution in [1.82, 2.24) is 0 Å². The minimum Gasteiger partial charge on any atom is -0.495 e.